The van der Waals surface area contributed by atoms with E-state index in [2.05, 4.69) is 34.1 Å². The van der Waals surface area contributed by atoms with Gasteiger partial charge in [-0.15, -0.1) is 10.2 Å². The molecule has 1 aliphatic carbocycles. The number of rotatable bonds is 5. The van der Waals surface area contributed by atoms with Crippen molar-refractivity contribution in [2.75, 3.05) is 12.4 Å². The van der Waals surface area contributed by atoms with E-state index in [4.69, 9.17) is 0 Å². The summed E-state index contributed by atoms with van der Waals surface area (Å²) < 4.78 is 26.7. The van der Waals surface area contributed by atoms with E-state index < -0.39 is 10.0 Å². The van der Waals surface area contributed by atoms with Crippen LogP contribution >= 0.6 is 0 Å². The SMILES string of the molecule is CNS(=O)(=O)c1cc(-c2ccc(N[C@@H]3CCC[C@@H](C)[C@@H]3C)nn2)ccc1C. The van der Waals surface area contributed by atoms with E-state index in [9.17, 15) is 8.42 Å². The third kappa shape index (κ3) is 4.30. The molecule has 0 unspecified atom stereocenters. The van der Waals surface area contributed by atoms with Crippen molar-refractivity contribution in [1.29, 1.82) is 0 Å². The molecule has 1 aliphatic rings. The van der Waals surface area contributed by atoms with Crippen LogP contribution in [0.15, 0.2) is 35.2 Å². The van der Waals surface area contributed by atoms with E-state index in [1.165, 1.54) is 19.9 Å². The van der Waals surface area contributed by atoms with Crippen molar-refractivity contribution in [3.05, 3.63) is 35.9 Å². The minimum absolute atomic E-state index is 0.261. The van der Waals surface area contributed by atoms with Gasteiger partial charge in [0.05, 0.1) is 10.6 Å². The second kappa shape index (κ2) is 7.94. The molecule has 146 valence electrons. The maximum absolute atomic E-state index is 12.2. The molecule has 0 spiro atoms. The van der Waals surface area contributed by atoms with Gasteiger partial charge in [-0.2, -0.15) is 0 Å². The molecule has 2 aromatic rings. The van der Waals surface area contributed by atoms with Crippen LogP contribution in [0.4, 0.5) is 5.82 Å². The normalized spacial score (nSPS) is 23.2. The lowest BCUT2D eigenvalue weighted by atomic mass is 9.78. The van der Waals surface area contributed by atoms with Gasteiger partial charge >= 0.3 is 0 Å². The van der Waals surface area contributed by atoms with Gasteiger partial charge in [0.1, 0.15) is 5.82 Å². The Balaban J connectivity index is 1.81. The molecule has 0 radical (unpaired) electrons. The third-order valence-electron chi connectivity index (χ3n) is 5.75. The molecular formula is C20H28N4O2S. The van der Waals surface area contributed by atoms with E-state index >= 15 is 0 Å². The van der Waals surface area contributed by atoms with Gasteiger partial charge in [0, 0.05) is 11.6 Å². The second-order valence-electron chi connectivity index (χ2n) is 7.51. The third-order valence-corrected chi connectivity index (χ3v) is 7.30. The highest BCUT2D eigenvalue weighted by molar-refractivity contribution is 7.89. The molecule has 3 rings (SSSR count). The summed E-state index contributed by atoms with van der Waals surface area (Å²) in [6, 6.07) is 9.52. The Morgan fingerprint density at radius 2 is 1.85 bits per heavy atom. The molecule has 2 N–H and O–H groups in total. The van der Waals surface area contributed by atoms with Crippen molar-refractivity contribution >= 4 is 15.8 Å². The first kappa shape index (κ1) is 19.8. The summed E-state index contributed by atoms with van der Waals surface area (Å²) in [5.41, 5.74) is 2.08. The first-order valence-corrected chi connectivity index (χ1v) is 10.9. The molecule has 0 amide bonds. The highest BCUT2D eigenvalue weighted by atomic mass is 32.2. The smallest absolute Gasteiger partial charge is 0.240 e. The van der Waals surface area contributed by atoms with Gasteiger partial charge < -0.3 is 5.32 Å². The topological polar surface area (TPSA) is 84.0 Å². The summed E-state index contributed by atoms with van der Waals surface area (Å²) in [7, 11) is -2.10. The Bertz CT molecular complexity index is 897. The first-order valence-electron chi connectivity index (χ1n) is 9.46. The Kier molecular flexibility index (Phi) is 5.81. The predicted molar refractivity (Wildman–Crippen MR) is 108 cm³/mol. The molecule has 6 nitrogen and oxygen atoms in total. The average molecular weight is 389 g/mol. The lowest BCUT2D eigenvalue weighted by Crippen LogP contribution is -2.35. The second-order valence-corrected chi connectivity index (χ2v) is 9.36. The summed E-state index contributed by atoms with van der Waals surface area (Å²) in [6.45, 7) is 6.37. The largest absolute Gasteiger partial charge is 0.366 e. The van der Waals surface area contributed by atoms with Gasteiger partial charge in [0.25, 0.3) is 0 Å². The minimum Gasteiger partial charge on any atom is -0.366 e. The van der Waals surface area contributed by atoms with Crippen LogP contribution in [0, 0.1) is 18.8 Å². The van der Waals surface area contributed by atoms with Crippen LogP contribution in [0.2, 0.25) is 0 Å². The van der Waals surface area contributed by atoms with Crippen LogP contribution in [-0.2, 0) is 10.0 Å². The Labute approximate surface area is 161 Å². The van der Waals surface area contributed by atoms with E-state index in [-0.39, 0.29) is 4.90 Å². The lowest BCUT2D eigenvalue weighted by molar-refractivity contribution is 0.253. The summed E-state index contributed by atoms with van der Waals surface area (Å²) in [4.78, 5) is 0.261. The number of nitrogens with one attached hydrogen (secondary N) is 2. The van der Waals surface area contributed by atoms with Gasteiger partial charge in [-0.05, 0) is 56.0 Å². The van der Waals surface area contributed by atoms with E-state index in [0.29, 0.717) is 29.1 Å². The quantitative estimate of drug-likeness (QED) is 0.818. The van der Waals surface area contributed by atoms with Crippen LogP contribution < -0.4 is 10.0 Å². The van der Waals surface area contributed by atoms with Crippen LogP contribution in [-0.4, -0.2) is 31.7 Å². The zero-order valence-corrected chi connectivity index (χ0v) is 17.2. The van der Waals surface area contributed by atoms with Gasteiger partial charge in [-0.1, -0.05) is 38.8 Å². The fourth-order valence-electron chi connectivity index (χ4n) is 3.70. The fourth-order valence-corrected chi connectivity index (χ4v) is 4.69. The van der Waals surface area contributed by atoms with E-state index in [1.807, 2.05) is 18.2 Å². The van der Waals surface area contributed by atoms with Crippen LogP contribution in [0.5, 0.6) is 0 Å². The highest BCUT2D eigenvalue weighted by Crippen LogP contribution is 2.31. The van der Waals surface area contributed by atoms with Crippen LogP contribution in [0.1, 0.15) is 38.7 Å². The Hall–Kier alpha value is -1.99. The molecule has 27 heavy (non-hydrogen) atoms. The minimum atomic E-state index is -3.51. The molecule has 1 fully saturated rings. The molecular weight excluding hydrogens is 360 g/mol. The fraction of sp³-hybridized carbons (Fsp3) is 0.500. The van der Waals surface area contributed by atoms with Gasteiger partial charge in [0.15, 0.2) is 0 Å². The summed E-state index contributed by atoms with van der Waals surface area (Å²) in [5.74, 6) is 2.08. The van der Waals surface area contributed by atoms with Crippen LogP contribution in [0.3, 0.4) is 0 Å². The van der Waals surface area contributed by atoms with Crippen molar-refractivity contribution in [3.8, 4) is 11.3 Å². The molecule has 0 bridgehead atoms. The molecule has 1 saturated carbocycles. The van der Waals surface area contributed by atoms with Crippen molar-refractivity contribution in [3.63, 3.8) is 0 Å². The number of aryl methyl sites for hydroxylation is 1. The molecule has 1 aromatic heterocycles. The number of anilines is 1. The maximum Gasteiger partial charge on any atom is 0.240 e. The van der Waals surface area contributed by atoms with Gasteiger partial charge in [-0.25, -0.2) is 13.1 Å². The average Bonchev–Trinajstić information content (AvgIpc) is 2.66. The summed E-state index contributed by atoms with van der Waals surface area (Å²) in [6.07, 6.45) is 3.67. The zero-order valence-electron chi connectivity index (χ0n) is 16.4. The lowest BCUT2D eigenvalue weighted by Gasteiger charge is -2.34. The first-order chi connectivity index (χ1) is 12.8. The van der Waals surface area contributed by atoms with Crippen molar-refractivity contribution < 1.29 is 8.42 Å². The van der Waals surface area contributed by atoms with Crippen molar-refractivity contribution in [1.82, 2.24) is 14.9 Å². The highest BCUT2D eigenvalue weighted by Gasteiger charge is 2.27. The standard InChI is InChI=1S/C20H28N4O2S/c1-13-6-5-7-17(15(13)3)22-20-11-10-18(23-24-20)16-9-8-14(2)19(12-16)27(25,26)21-4/h8-13,15,17,21H,5-7H2,1-4H3,(H,22,24)/t13-,15+,17-/m1/s1. The Morgan fingerprint density at radius 1 is 1.07 bits per heavy atom. The van der Waals surface area contributed by atoms with Gasteiger partial charge in [0.2, 0.25) is 10.0 Å². The summed E-state index contributed by atoms with van der Waals surface area (Å²) in [5, 5.41) is 12.1. The monoisotopic (exact) mass is 388 g/mol. The Morgan fingerprint density at radius 3 is 2.52 bits per heavy atom. The molecule has 3 atom stereocenters. The number of hydrogen-bond donors (Lipinski definition) is 2. The summed E-state index contributed by atoms with van der Waals surface area (Å²) >= 11 is 0. The predicted octanol–water partition coefficient (Wildman–Crippen LogP) is 3.60. The number of nitrogens with zero attached hydrogens (tertiary/aromatic N) is 2. The molecule has 1 heterocycles. The number of aromatic nitrogens is 2. The number of sulfonamides is 1. The van der Waals surface area contributed by atoms with E-state index in [1.54, 1.807) is 19.1 Å². The molecule has 1 aromatic carbocycles. The maximum atomic E-state index is 12.2. The van der Waals surface area contributed by atoms with Crippen LogP contribution in [0.25, 0.3) is 11.3 Å². The zero-order chi connectivity index (χ0) is 19.6. The number of hydrogen-bond acceptors (Lipinski definition) is 5. The molecule has 0 aliphatic heterocycles. The van der Waals surface area contributed by atoms with Crippen molar-refractivity contribution in [2.24, 2.45) is 11.8 Å². The van der Waals surface area contributed by atoms with Gasteiger partial charge in [-0.3, -0.25) is 0 Å². The molecule has 0 saturated heterocycles. The molecule has 7 heteroatoms. The van der Waals surface area contributed by atoms with Crippen molar-refractivity contribution in [2.45, 2.75) is 51.0 Å². The van der Waals surface area contributed by atoms with E-state index in [0.717, 1.165) is 17.8 Å². The number of benzene rings is 1.